The van der Waals surface area contributed by atoms with E-state index in [2.05, 4.69) is 17.0 Å². The van der Waals surface area contributed by atoms with Crippen LogP contribution in [-0.4, -0.2) is 44.1 Å². The Morgan fingerprint density at radius 2 is 1.88 bits per heavy atom. The number of amides is 1. The van der Waals surface area contributed by atoms with E-state index < -0.39 is 22.1 Å². The van der Waals surface area contributed by atoms with Crippen LogP contribution in [-0.2, 0) is 14.8 Å². The molecule has 2 bridgehead atoms. The standard InChI is InChI=1S/C22H29F3N2O4S/c1-14(20-12-15-5-6-17(20)11-15)26-21(28)16-7-9-27(10-8-16)32(29,30)19-4-2-3-18(13-19)31-22(23,24)25/h2-4,13-17,20H,5-12H2,1H3,(H,26,28). The Kier molecular flexibility index (Phi) is 6.46. The van der Waals surface area contributed by atoms with Crippen molar-refractivity contribution in [2.24, 2.45) is 23.7 Å². The highest BCUT2D eigenvalue weighted by molar-refractivity contribution is 7.89. The maximum atomic E-state index is 12.9. The van der Waals surface area contributed by atoms with Gasteiger partial charge in [0.2, 0.25) is 15.9 Å². The van der Waals surface area contributed by atoms with Gasteiger partial charge in [0, 0.05) is 31.1 Å². The highest BCUT2D eigenvalue weighted by Gasteiger charge is 2.42. The maximum Gasteiger partial charge on any atom is 0.573 e. The highest BCUT2D eigenvalue weighted by atomic mass is 32.2. The second-order valence-corrected chi connectivity index (χ2v) is 11.3. The first-order valence-electron chi connectivity index (χ1n) is 11.2. The van der Waals surface area contributed by atoms with Gasteiger partial charge >= 0.3 is 6.36 Å². The van der Waals surface area contributed by atoms with Crippen molar-refractivity contribution in [2.75, 3.05) is 13.1 Å². The minimum Gasteiger partial charge on any atom is -0.406 e. The number of piperidine rings is 1. The van der Waals surface area contributed by atoms with Crippen LogP contribution in [0.25, 0.3) is 0 Å². The molecule has 1 N–H and O–H groups in total. The number of ether oxygens (including phenoxy) is 1. The van der Waals surface area contributed by atoms with Gasteiger partial charge in [-0.15, -0.1) is 13.2 Å². The Morgan fingerprint density at radius 3 is 2.47 bits per heavy atom. The summed E-state index contributed by atoms with van der Waals surface area (Å²) in [5.74, 6) is 1.17. The van der Waals surface area contributed by atoms with E-state index in [1.165, 1.54) is 42.1 Å². The molecule has 0 aromatic heterocycles. The number of halogens is 3. The maximum absolute atomic E-state index is 12.9. The van der Waals surface area contributed by atoms with Crippen LogP contribution in [0.15, 0.2) is 29.2 Å². The summed E-state index contributed by atoms with van der Waals surface area (Å²) >= 11 is 0. The second-order valence-electron chi connectivity index (χ2n) is 9.34. The second kappa shape index (κ2) is 8.85. The van der Waals surface area contributed by atoms with Gasteiger partial charge in [0.1, 0.15) is 5.75 Å². The Bertz CT molecular complexity index is 945. The van der Waals surface area contributed by atoms with Crippen LogP contribution < -0.4 is 10.1 Å². The van der Waals surface area contributed by atoms with Crippen LogP contribution in [0.2, 0.25) is 0 Å². The first-order chi connectivity index (χ1) is 15.0. The Labute approximate surface area is 186 Å². The molecule has 4 atom stereocenters. The number of rotatable bonds is 6. The zero-order chi connectivity index (χ0) is 23.1. The summed E-state index contributed by atoms with van der Waals surface area (Å²) in [6.45, 7) is 2.36. The van der Waals surface area contributed by atoms with Crippen molar-refractivity contribution in [1.29, 1.82) is 0 Å². The predicted molar refractivity (Wildman–Crippen MR) is 111 cm³/mol. The third-order valence-electron chi connectivity index (χ3n) is 7.31. The molecule has 3 fully saturated rings. The smallest absolute Gasteiger partial charge is 0.406 e. The van der Waals surface area contributed by atoms with Crippen LogP contribution in [0.1, 0.15) is 45.4 Å². The van der Waals surface area contributed by atoms with Gasteiger partial charge in [-0.05, 0) is 68.9 Å². The molecule has 10 heteroatoms. The first-order valence-corrected chi connectivity index (χ1v) is 12.6. The molecule has 1 amide bonds. The van der Waals surface area contributed by atoms with E-state index >= 15 is 0 Å². The van der Waals surface area contributed by atoms with E-state index in [9.17, 15) is 26.4 Å². The molecule has 0 radical (unpaired) electrons. The molecule has 2 aliphatic carbocycles. The van der Waals surface area contributed by atoms with Crippen LogP contribution in [0.5, 0.6) is 5.75 Å². The van der Waals surface area contributed by atoms with Gasteiger partial charge in [0.15, 0.2) is 0 Å². The third kappa shape index (κ3) is 5.06. The van der Waals surface area contributed by atoms with Gasteiger partial charge in [0.25, 0.3) is 0 Å². The molecule has 2 saturated carbocycles. The van der Waals surface area contributed by atoms with Crippen molar-refractivity contribution in [3.63, 3.8) is 0 Å². The summed E-state index contributed by atoms with van der Waals surface area (Å²) < 4.78 is 68.2. The average molecular weight is 475 g/mol. The lowest BCUT2D eigenvalue weighted by Crippen LogP contribution is -2.47. The van der Waals surface area contributed by atoms with Gasteiger partial charge in [-0.1, -0.05) is 12.5 Å². The van der Waals surface area contributed by atoms with Crippen molar-refractivity contribution in [3.05, 3.63) is 24.3 Å². The lowest BCUT2D eigenvalue weighted by atomic mass is 9.83. The van der Waals surface area contributed by atoms with Gasteiger partial charge in [-0.3, -0.25) is 4.79 Å². The summed E-state index contributed by atoms with van der Waals surface area (Å²) in [6, 6.07) is 4.51. The fourth-order valence-corrected chi connectivity index (χ4v) is 7.20. The molecular formula is C22H29F3N2O4S. The number of fused-ring (bicyclic) bond motifs is 2. The molecule has 1 saturated heterocycles. The molecular weight excluding hydrogens is 445 g/mol. The number of hydrogen-bond donors (Lipinski definition) is 1. The Morgan fingerprint density at radius 1 is 1.16 bits per heavy atom. The normalized spacial score (nSPS) is 27.9. The number of sulfonamides is 1. The van der Waals surface area contributed by atoms with Crippen molar-refractivity contribution >= 4 is 15.9 Å². The number of hydrogen-bond acceptors (Lipinski definition) is 4. The molecule has 1 aliphatic heterocycles. The van der Waals surface area contributed by atoms with Crippen LogP contribution in [0.4, 0.5) is 13.2 Å². The molecule has 1 heterocycles. The third-order valence-corrected chi connectivity index (χ3v) is 9.20. The Hall–Kier alpha value is -1.81. The molecule has 3 aliphatic rings. The summed E-state index contributed by atoms with van der Waals surface area (Å²) in [4.78, 5) is 12.5. The summed E-state index contributed by atoms with van der Waals surface area (Å²) in [6.07, 6.45) is 0.876. The van der Waals surface area contributed by atoms with E-state index in [1.54, 1.807) is 0 Å². The molecule has 1 aromatic rings. The van der Waals surface area contributed by atoms with E-state index in [4.69, 9.17) is 0 Å². The summed E-state index contributed by atoms with van der Waals surface area (Å²) in [7, 11) is -3.98. The first kappa shape index (κ1) is 23.4. The van der Waals surface area contributed by atoms with E-state index in [0.29, 0.717) is 24.7 Å². The average Bonchev–Trinajstić information content (AvgIpc) is 3.36. The zero-order valence-corrected chi connectivity index (χ0v) is 18.8. The van der Waals surface area contributed by atoms with E-state index in [1.807, 2.05) is 0 Å². The quantitative estimate of drug-likeness (QED) is 0.678. The number of carbonyl (C=O) groups excluding carboxylic acids is 1. The number of alkyl halides is 3. The molecule has 32 heavy (non-hydrogen) atoms. The van der Waals surface area contributed by atoms with Crippen molar-refractivity contribution < 1.29 is 31.1 Å². The number of carbonyl (C=O) groups is 1. The van der Waals surface area contributed by atoms with Gasteiger partial charge in [-0.25, -0.2) is 8.42 Å². The lowest BCUT2D eigenvalue weighted by Gasteiger charge is -2.33. The van der Waals surface area contributed by atoms with Gasteiger partial charge in [0.05, 0.1) is 4.90 Å². The van der Waals surface area contributed by atoms with Crippen molar-refractivity contribution in [3.8, 4) is 5.75 Å². The minimum absolute atomic E-state index is 0.0297. The van der Waals surface area contributed by atoms with Crippen LogP contribution >= 0.6 is 0 Å². The van der Waals surface area contributed by atoms with Gasteiger partial charge in [-0.2, -0.15) is 4.31 Å². The summed E-state index contributed by atoms with van der Waals surface area (Å²) in [5.41, 5.74) is 0. The van der Waals surface area contributed by atoms with Crippen molar-refractivity contribution in [2.45, 2.75) is 62.7 Å². The molecule has 4 unspecified atom stereocenters. The molecule has 4 rings (SSSR count). The van der Waals surface area contributed by atoms with Crippen molar-refractivity contribution in [1.82, 2.24) is 9.62 Å². The highest BCUT2D eigenvalue weighted by Crippen LogP contribution is 2.49. The number of nitrogens with zero attached hydrogens (tertiary/aromatic N) is 1. The summed E-state index contributed by atoms with van der Waals surface area (Å²) in [5, 5.41) is 3.16. The predicted octanol–water partition coefficient (Wildman–Crippen LogP) is 3.93. The molecule has 0 spiro atoms. The fraction of sp³-hybridized carbons (Fsp3) is 0.682. The van der Waals surface area contributed by atoms with E-state index in [-0.39, 0.29) is 35.9 Å². The number of nitrogens with one attached hydrogen (secondary N) is 1. The fourth-order valence-electron chi connectivity index (χ4n) is 5.69. The largest absolute Gasteiger partial charge is 0.573 e. The van der Waals surface area contributed by atoms with E-state index in [0.717, 1.165) is 18.1 Å². The number of benzene rings is 1. The Balaban J connectivity index is 1.32. The zero-order valence-electron chi connectivity index (χ0n) is 18.0. The monoisotopic (exact) mass is 474 g/mol. The lowest BCUT2D eigenvalue weighted by molar-refractivity contribution is -0.274. The molecule has 178 valence electrons. The van der Waals surface area contributed by atoms with Crippen LogP contribution in [0.3, 0.4) is 0 Å². The minimum atomic E-state index is -4.90. The molecule has 1 aromatic carbocycles. The van der Waals surface area contributed by atoms with Crippen LogP contribution in [0, 0.1) is 23.7 Å². The topological polar surface area (TPSA) is 75.7 Å². The van der Waals surface area contributed by atoms with Gasteiger partial charge < -0.3 is 10.1 Å². The molecule has 6 nitrogen and oxygen atoms in total. The SMILES string of the molecule is CC(NC(=O)C1CCN(S(=O)(=O)c2cccc(OC(F)(F)F)c2)CC1)C1CC2CCC1C2.